The van der Waals surface area contributed by atoms with Gasteiger partial charge in [-0.15, -0.1) is 0 Å². The topological polar surface area (TPSA) is 65.4 Å². The summed E-state index contributed by atoms with van der Waals surface area (Å²) in [5.74, 6) is -4.55. The fourth-order valence-corrected chi connectivity index (χ4v) is 3.97. The quantitative estimate of drug-likeness (QED) is 0.665. The van der Waals surface area contributed by atoms with E-state index in [2.05, 4.69) is 10.3 Å². The summed E-state index contributed by atoms with van der Waals surface area (Å²) >= 11 is 0. The number of hydrogen-bond donors (Lipinski definition) is 1. The van der Waals surface area contributed by atoms with Crippen molar-refractivity contribution in [2.75, 3.05) is 11.9 Å². The van der Waals surface area contributed by atoms with Crippen LogP contribution < -0.4 is 20.5 Å². The van der Waals surface area contributed by atoms with Crippen LogP contribution in [-0.4, -0.2) is 28.1 Å². The number of alkyl halides is 2. The van der Waals surface area contributed by atoms with Gasteiger partial charge in [-0.1, -0.05) is 0 Å². The molecule has 0 amide bonds. The second kappa shape index (κ2) is 9.38. The molecule has 2 aliphatic rings. The number of aromatic nitrogens is 2. The predicted molar refractivity (Wildman–Crippen MR) is 109 cm³/mol. The molecular formula is C22H25F4N3O3. The number of anilines is 1. The van der Waals surface area contributed by atoms with E-state index < -0.39 is 35.1 Å². The molecule has 10 heteroatoms. The van der Waals surface area contributed by atoms with Crippen LogP contribution in [0.5, 0.6) is 11.6 Å². The van der Waals surface area contributed by atoms with Crippen LogP contribution in [0.1, 0.15) is 50.5 Å². The summed E-state index contributed by atoms with van der Waals surface area (Å²) in [6, 6.07) is 3.72. The molecule has 2 aromatic rings. The Balaban J connectivity index is 1.42. The van der Waals surface area contributed by atoms with E-state index in [-0.39, 0.29) is 43.7 Å². The van der Waals surface area contributed by atoms with E-state index in [4.69, 9.17) is 9.47 Å². The monoisotopic (exact) mass is 455 g/mol. The third-order valence-electron chi connectivity index (χ3n) is 5.75. The van der Waals surface area contributed by atoms with Gasteiger partial charge in [0, 0.05) is 32.0 Å². The predicted octanol–water partition coefficient (Wildman–Crippen LogP) is 4.65. The maximum atomic E-state index is 14.5. The number of nitrogens with one attached hydrogen (secondary N) is 1. The second-order valence-corrected chi connectivity index (χ2v) is 8.25. The molecule has 0 atom stereocenters. The maximum Gasteiger partial charge on any atom is 0.352 e. The van der Waals surface area contributed by atoms with Gasteiger partial charge in [0.15, 0.2) is 17.4 Å². The lowest BCUT2D eigenvalue weighted by molar-refractivity contribution is -0.0590. The van der Waals surface area contributed by atoms with Gasteiger partial charge in [0.25, 0.3) is 0 Å². The average Bonchev–Trinajstić information content (AvgIpc) is 2.71. The van der Waals surface area contributed by atoms with Gasteiger partial charge in [-0.3, -0.25) is 4.57 Å². The molecule has 0 saturated heterocycles. The normalized spacial score (nSPS) is 18.8. The highest BCUT2D eigenvalue weighted by Crippen LogP contribution is 2.36. The van der Waals surface area contributed by atoms with E-state index in [1.807, 2.05) is 0 Å². The summed E-state index contributed by atoms with van der Waals surface area (Å²) in [5.41, 5.74) is -0.268. The van der Waals surface area contributed by atoms with E-state index in [0.717, 1.165) is 37.9 Å². The number of hydrogen-bond acceptors (Lipinski definition) is 5. The van der Waals surface area contributed by atoms with Crippen LogP contribution in [0.3, 0.4) is 0 Å². The molecule has 1 N–H and O–H groups in total. The SMILES string of the molecule is O=c1nc(OCc2cc(F)c(OC3CCC(F)(F)CC3)c(F)c2)cc2n1CCCCCN2. The number of nitrogens with zero attached hydrogens (tertiary/aromatic N) is 2. The Morgan fingerprint density at radius 3 is 2.53 bits per heavy atom. The molecule has 1 aliphatic heterocycles. The zero-order valence-electron chi connectivity index (χ0n) is 17.5. The smallest absolute Gasteiger partial charge is 0.352 e. The molecule has 1 saturated carbocycles. The Morgan fingerprint density at radius 2 is 1.81 bits per heavy atom. The third kappa shape index (κ3) is 5.34. The zero-order valence-corrected chi connectivity index (χ0v) is 17.5. The molecule has 0 radical (unpaired) electrons. The minimum absolute atomic E-state index is 0.0321. The lowest BCUT2D eigenvalue weighted by Gasteiger charge is -2.28. The molecule has 2 heterocycles. The van der Waals surface area contributed by atoms with Crippen LogP contribution in [0.15, 0.2) is 23.0 Å². The van der Waals surface area contributed by atoms with E-state index >= 15 is 0 Å². The number of fused-ring (bicyclic) bond motifs is 1. The molecule has 0 bridgehead atoms. The van der Waals surface area contributed by atoms with Crippen LogP contribution in [0, 0.1) is 11.6 Å². The van der Waals surface area contributed by atoms with Crippen molar-refractivity contribution in [3.8, 4) is 11.6 Å². The van der Waals surface area contributed by atoms with Crippen LogP contribution in [0.2, 0.25) is 0 Å². The first-order valence-corrected chi connectivity index (χ1v) is 10.8. The largest absolute Gasteiger partial charge is 0.484 e. The van der Waals surface area contributed by atoms with Gasteiger partial charge >= 0.3 is 5.69 Å². The van der Waals surface area contributed by atoms with Crippen molar-refractivity contribution in [3.05, 3.63) is 45.9 Å². The Morgan fingerprint density at radius 1 is 1.09 bits per heavy atom. The number of ether oxygens (including phenoxy) is 2. The van der Waals surface area contributed by atoms with Gasteiger partial charge in [-0.25, -0.2) is 22.4 Å². The maximum absolute atomic E-state index is 14.5. The van der Waals surface area contributed by atoms with Crippen molar-refractivity contribution < 1.29 is 27.0 Å². The van der Waals surface area contributed by atoms with Crippen molar-refractivity contribution in [1.82, 2.24) is 9.55 Å². The van der Waals surface area contributed by atoms with Crippen LogP contribution >= 0.6 is 0 Å². The van der Waals surface area contributed by atoms with Gasteiger partial charge in [0.05, 0.1) is 6.10 Å². The molecule has 1 aromatic heterocycles. The van der Waals surface area contributed by atoms with E-state index in [0.29, 0.717) is 12.4 Å². The molecule has 1 aromatic carbocycles. The number of benzene rings is 1. The van der Waals surface area contributed by atoms with E-state index in [9.17, 15) is 22.4 Å². The van der Waals surface area contributed by atoms with Gasteiger partial charge in [0.1, 0.15) is 12.4 Å². The minimum atomic E-state index is -2.75. The minimum Gasteiger partial charge on any atom is -0.484 e. The average molecular weight is 455 g/mol. The molecule has 174 valence electrons. The standard InChI is InChI=1S/C22H25F4N3O3/c23-16-10-14(11-17(24)20(16)32-15-4-6-22(25,26)7-5-15)13-31-19-12-18-27-8-2-1-3-9-29(18)21(30)28-19/h10-12,15,27H,1-9,13H2. The highest BCUT2D eigenvalue weighted by Gasteiger charge is 2.36. The Labute approximate surface area is 182 Å². The molecule has 6 nitrogen and oxygen atoms in total. The molecule has 1 aliphatic carbocycles. The highest BCUT2D eigenvalue weighted by molar-refractivity contribution is 5.39. The fourth-order valence-electron chi connectivity index (χ4n) is 3.97. The van der Waals surface area contributed by atoms with Gasteiger partial charge < -0.3 is 14.8 Å². The summed E-state index contributed by atoms with van der Waals surface area (Å²) in [5, 5.41) is 3.17. The van der Waals surface area contributed by atoms with Crippen molar-refractivity contribution >= 4 is 5.82 Å². The van der Waals surface area contributed by atoms with Crippen LogP contribution in [-0.2, 0) is 13.2 Å². The highest BCUT2D eigenvalue weighted by atomic mass is 19.3. The van der Waals surface area contributed by atoms with Crippen molar-refractivity contribution in [2.45, 2.75) is 70.1 Å². The van der Waals surface area contributed by atoms with Gasteiger partial charge in [0.2, 0.25) is 11.8 Å². The van der Waals surface area contributed by atoms with Gasteiger partial charge in [-0.05, 0) is 49.8 Å². The first-order valence-electron chi connectivity index (χ1n) is 10.8. The lowest BCUT2D eigenvalue weighted by Crippen LogP contribution is -2.31. The second-order valence-electron chi connectivity index (χ2n) is 8.25. The number of halogens is 4. The first kappa shape index (κ1) is 22.4. The summed E-state index contributed by atoms with van der Waals surface area (Å²) in [4.78, 5) is 16.2. The third-order valence-corrected chi connectivity index (χ3v) is 5.75. The Bertz CT molecular complexity index is 995. The van der Waals surface area contributed by atoms with Crippen molar-refractivity contribution in [1.29, 1.82) is 0 Å². The Kier molecular flexibility index (Phi) is 6.57. The molecule has 1 fully saturated rings. The first-order chi connectivity index (χ1) is 15.3. The molecule has 4 rings (SSSR count). The van der Waals surface area contributed by atoms with Gasteiger partial charge in [-0.2, -0.15) is 4.98 Å². The van der Waals surface area contributed by atoms with Crippen LogP contribution in [0.4, 0.5) is 23.4 Å². The summed E-state index contributed by atoms with van der Waals surface area (Å²) in [6.07, 6.45) is 1.56. The van der Waals surface area contributed by atoms with E-state index in [1.165, 1.54) is 0 Å². The zero-order chi connectivity index (χ0) is 22.7. The molecule has 0 spiro atoms. The number of rotatable bonds is 5. The summed E-state index contributed by atoms with van der Waals surface area (Å²) < 4.78 is 67.9. The molecular weight excluding hydrogens is 430 g/mol. The summed E-state index contributed by atoms with van der Waals surface area (Å²) in [6.45, 7) is 1.07. The summed E-state index contributed by atoms with van der Waals surface area (Å²) in [7, 11) is 0. The van der Waals surface area contributed by atoms with Crippen molar-refractivity contribution in [3.63, 3.8) is 0 Å². The Hall–Kier alpha value is -2.78. The van der Waals surface area contributed by atoms with E-state index in [1.54, 1.807) is 10.6 Å². The lowest BCUT2D eigenvalue weighted by atomic mass is 9.94. The van der Waals surface area contributed by atoms with Crippen molar-refractivity contribution in [2.24, 2.45) is 0 Å². The molecule has 32 heavy (non-hydrogen) atoms. The van der Waals surface area contributed by atoms with Crippen LogP contribution in [0.25, 0.3) is 0 Å². The fraction of sp³-hybridized carbons (Fsp3) is 0.545. The molecule has 0 unspecified atom stereocenters.